The summed E-state index contributed by atoms with van der Waals surface area (Å²) in [6.07, 6.45) is 2.47. The lowest BCUT2D eigenvalue weighted by molar-refractivity contribution is 0.414. The SMILES string of the molecule is COc1cccc(CCNc2cnnc(NCc3ccc(Cl)cc3)n2)c1. The number of anilines is 2. The van der Waals surface area contributed by atoms with Crippen LogP contribution in [-0.2, 0) is 13.0 Å². The number of hydrogen-bond donors (Lipinski definition) is 2. The van der Waals surface area contributed by atoms with Crippen molar-refractivity contribution in [2.75, 3.05) is 24.3 Å². The molecule has 0 aliphatic rings. The molecule has 134 valence electrons. The molecule has 2 N–H and O–H groups in total. The van der Waals surface area contributed by atoms with Crippen molar-refractivity contribution in [2.24, 2.45) is 0 Å². The Balaban J connectivity index is 1.51. The number of benzene rings is 2. The third-order valence-corrected chi connectivity index (χ3v) is 4.03. The van der Waals surface area contributed by atoms with E-state index in [0.717, 1.165) is 24.3 Å². The van der Waals surface area contributed by atoms with Crippen molar-refractivity contribution in [1.29, 1.82) is 0 Å². The summed E-state index contributed by atoms with van der Waals surface area (Å²) >= 11 is 5.89. The molecule has 0 aliphatic carbocycles. The predicted octanol–water partition coefficient (Wildman–Crippen LogP) is 3.80. The maximum atomic E-state index is 5.89. The van der Waals surface area contributed by atoms with Gasteiger partial charge in [0.1, 0.15) is 5.75 Å². The summed E-state index contributed by atoms with van der Waals surface area (Å²) in [6, 6.07) is 15.6. The van der Waals surface area contributed by atoms with Crippen molar-refractivity contribution in [2.45, 2.75) is 13.0 Å². The third kappa shape index (κ3) is 5.32. The lowest BCUT2D eigenvalue weighted by atomic mass is 10.1. The number of methoxy groups -OCH3 is 1. The molecule has 0 unspecified atom stereocenters. The van der Waals surface area contributed by atoms with Crippen molar-refractivity contribution >= 4 is 23.4 Å². The number of nitrogens with zero attached hydrogens (tertiary/aromatic N) is 3. The first kappa shape index (κ1) is 17.9. The van der Waals surface area contributed by atoms with E-state index in [2.05, 4.69) is 31.9 Å². The van der Waals surface area contributed by atoms with Crippen LogP contribution in [0.4, 0.5) is 11.8 Å². The number of aromatic nitrogens is 3. The Bertz CT molecular complexity index is 841. The Kier molecular flexibility index (Phi) is 6.22. The highest BCUT2D eigenvalue weighted by molar-refractivity contribution is 6.30. The van der Waals surface area contributed by atoms with E-state index < -0.39 is 0 Å². The smallest absolute Gasteiger partial charge is 0.244 e. The van der Waals surface area contributed by atoms with Crippen LogP contribution in [0.1, 0.15) is 11.1 Å². The summed E-state index contributed by atoms with van der Waals surface area (Å²) in [4.78, 5) is 4.42. The largest absolute Gasteiger partial charge is 0.497 e. The monoisotopic (exact) mass is 369 g/mol. The maximum Gasteiger partial charge on any atom is 0.244 e. The molecule has 0 aliphatic heterocycles. The molecular weight excluding hydrogens is 350 g/mol. The van der Waals surface area contributed by atoms with Gasteiger partial charge in [-0.25, -0.2) is 0 Å². The van der Waals surface area contributed by atoms with Gasteiger partial charge >= 0.3 is 0 Å². The molecule has 0 atom stereocenters. The minimum absolute atomic E-state index is 0.478. The van der Waals surface area contributed by atoms with E-state index >= 15 is 0 Å². The number of hydrogen-bond acceptors (Lipinski definition) is 6. The van der Waals surface area contributed by atoms with Gasteiger partial charge in [0.05, 0.1) is 13.3 Å². The molecule has 0 saturated carbocycles. The zero-order valence-corrected chi connectivity index (χ0v) is 15.2. The molecule has 26 heavy (non-hydrogen) atoms. The fraction of sp³-hybridized carbons (Fsp3) is 0.211. The van der Waals surface area contributed by atoms with Crippen LogP contribution in [0.15, 0.2) is 54.7 Å². The summed E-state index contributed by atoms with van der Waals surface area (Å²) in [7, 11) is 1.67. The van der Waals surface area contributed by atoms with Crippen LogP contribution in [0.5, 0.6) is 5.75 Å². The molecule has 0 fully saturated rings. The normalized spacial score (nSPS) is 10.4. The van der Waals surface area contributed by atoms with Gasteiger partial charge in [-0.1, -0.05) is 35.9 Å². The molecule has 0 amide bonds. The average molecular weight is 370 g/mol. The second-order valence-corrected chi connectivity index (χ2v) is 6.11. The van der Waals surface area contributed by atoms with Crippen LogP contribution >= 0.6 is 11.6 Å². The Labute approximate surface area is 157 Å². The molecule has 0 spiro atoms. The first-order chi connectivity index (χ1) is 12.7. The van der Waals surface area contributed by atoms with Gasteiger partial charge in [-0.2, -0.15) is 10.1 Å². The van der Waals surface area contributed by atoms with E-state index in [0.29, 0.717) is 23.3 Å². The van der Waals surface area contributed by atoms with Gasteiger partial charge in [-0.05, 0) is 41.8 Å². The van der Waals surface area contributed by atoms with E-state index in [9.17, 15) is 0 Å². The van der Waals surface area contributed by atoms with Crippen molar-refractivity contribution < 1.29 is 4.74 Å². The van der Waals surface area contributed by atoms with Gasteiger partial charge < -0.3 is 15.4 Å². The Morgan fingerprint density at radius 3 is 2.69 bits per heavy atom. The first-order valence-corrected chi connectivity index (χ1v) is 8.65. The standard InChI is InChI=1S/C19H20ClN5O/c1-26-17-4-2-3-14(11-17)9-10-21-18-13-23-25-19(24-18)22-12-15-5-7-16(20)8-6-15/h2-8,11,13H,9-10,12H2,1H3,(H2,21,22,24,25). The molecule has 6 nitrogen and oxygen atoms in total. The summed E-state index contributed by atoms with van der Waals surface area (Å²) in [5, 5.41) is 15.1. The lowest BCUT2D eigenvalue weighted by Crippen LogP contribution is -2.10. The van der Waals surface area contributed by atoms with Crippen molar-refractivity contribution in [3.63, 3.8) is 0 Å². The molecule has 1 heterocycles. The average Bonchev–Trinajstić information content (AvgIpc) is 2.68. The van der Waals surface area contributed by atoms with Crippen LogP contribution in [-0.4, -0.2) is 28.8 Å². The fourth-order valence-electron chi connectivity index (χ4n) is 2.41. The topological polar surface area (TPSA) is 72.0 Å². The summed E-state index contributed by atoms with van der Waals surface area (Å²) < 4.78 is 5.24. The summed E-state index contributed by atoms with van der Waals surface area (Å²) in [5.41, 5.74) is 2.29. The molecule has 0 radical (unpaired) electrons. The molecule has 7 heteroatoms. The predicted molar refractivity (Wildman–Crippen MR) is 104 cm³/mol. The van der Waals surface area contributed by atoms with Gasteiger partial charge in [-0.15, -0.1) is 5.10 Å². The Morgan fingerprint density at radius 1 is 1.04 bits per heavy atom. The van der Waals surface area contributed by atoms with Gasteiger partial charge in [0.25, 0.3) is 0 Å². The Morgan fingerprint density at radius 2 is 1.88 bits per heavy atom. The minimum Gasteiger partial charge on any atom is -0.497 e. The van der Waals surface area contributed by atoms with Crippen molar-refractivity contribution in [1.82, 2.24) is 15.2 Å². The number of rotatable bonds is 8. The highest BCUT2D eigenvalue weighted by Gasteiger charge is 2.02. The van der Waals surface area contributed by atoms with Crippen LogP contribution in [0.25, 0.3) is 0 Å². The summed E-state index contributed by atoms with van der Waals surface area (Å²) in [5.74, 6) is 2.02. The highest BCUT2D eigenvalue weighted by Crippen LogP contribution is 2.14. The van der Waals surface area contributed by atoms with Gasteiger partial charge in [0.2, 0.25) is 5.95 Å². The second kappa shape index (κ2) is 9.01. The highest BCUT2D eigenvalue weighted by atomic mass is 35.5. The number of ether oxygens (including phenoxy) is 1. The second-order valence-electron chi connectivity index (χ2n) is 5.67. The molecule has 0 saturated heterocycles. The van der Waals surface area contributed by atoms with Gasteiger partial charge in [0, 0.05) is 18.1 Å². The maximum absolute atomic E-state index is 5.89. The molecule has 2 aromatic carbocycles. The van der Waals surface area contributed by atoms with Gasteiger partial charge in [0.15, 0.2) is 5.82 Å². The van der Waals surface area contributed by atoms with Crippen molar-refractivity contribution in [3.05, 3.63) is 70.9 Å². The number of nitrogens with one attached hydrogen (secondary N) is 2. The molecular formula is C19H20ClN5O. The number of halogens is 1. The zero-order chi connectivity index (χ0) is 18.2. The quantitative estimate of drug-likeness (QED) is 0.629. The molecule has 3 rings (SSSR count). The van der Waals surface area contributed by atoms with Crippen molar-refractivity contribution in [3.8, 4) is 5.75 Å². The fourth-order valence-corrected chi connectivity index (χ4v) is 2.54. The molecule has 1 aromatic heterocycles. The minimum atomic E-state index is 0.478. The lowest BCUT2D eigenvalue weighted by Gasteiger charge is -2.08. The molecule has 0 bridgehead atoms. The van der Waals surface area contributed by atoms with Gasteiger partial charge in [-0.3, -0.25) is 0 Å². The van der Waals surface area contributed by atoms with E-state index in [4.69, 9.17) is 16.3 Å². The Hall–Kier alpha value is -2.86. The van der Waals surface area contributed by atoms with Crippen LogP contribution in [0.2, 0.25) is 5.02 Å². The van der Waals surface area contributed by atoms with Crippen LogP contribution in [0.3, 0.4) is 0 Å². The van der Waals surface area contributed by atoms with E-state index in [-0.39, 0.29) is 0 Å². The van der Waals surface area contributed by atoms with Crippen LogP contribution < -0.4 is 15.4 Å². The van der Waals surface area contributed by atoms with E-state index in [1.807, 2.05) is 42.5 Å². The van der Waals surface area contributed by atoms with Crippen LogP contribution in [0, 0.1) is 0 Å². The first-order valence-electron chi connectivity index (χ1n) is 8.28. The third-order valence-electron chi connectivity index (χ3n) is 3.78. The zero-order valence-electron chi connectivity index (χ0n) is 14.4. The molecule has 3 aromatic rings. The van der Waals surface area contributed by atoms with E-state index in [1.165, 1.54) is 5.56 Å². The van der Waals surface area contributed by atoms with E-state index in [1.54, 1.807) is 13.3 Å². The summed E-state index contributed by atoms with van der Waals surface area (Å²) in [6.45, 7) is 1.34.